The van der Waals surface area contributed by atoms with E-state index in [0.717, 1.165) is 0 Å². The predicted octanol–water partition coefficient (Wildman–Crippen LogP) is 0.349. The normalized spacial score (nSPS) is 12.5. The Morgan fingerprint density at radius 3 is 2.39 bits per heavy atom. The minimum Gasteiger partial charge on any atom is -0.480 e. The molecule has 1 unspecified atom stereocenters. The van der Waals surface area contributed by atoms with Crippen molar-refractivity contribution in [3.8, 4) is 0 Å². The lowest BCUT2D eigenvalue weighted by Crippen LogP contribution is -2.35. The molecule has 1 amide bonds. The molecule has 0 saturated heterocycles. The highest BCUT2D eigenvalue weighted by Gasteiger charge is 2.26. The SMILES string of the molecule is Cc1nn(C)c(NC(C(=O)O)C(C)C)c1C(N)=O. The standard InChI is InChI=1S/C11H18N4O3/c1-5(2)8(11(17)18)13-10-7(9(12)16)6(3)14-15(10)4/h5,8,13H,1-4H3,(H2,12,16)(H,17,18). The number of aliphatic carboxylic acids is 1. The average Bonchev–Trinajstić information content (AvgIpc) is 2.48. The number of nitrogens with two attached hydrogens (primary N) is 1. The molecule has 1 aromatic heterocycles. The quantitative estimate of drug-likeness (QED) is 0.702. The number of anilines is 1. The van der Waals surface area contributed by atoms with E-state index in [2.05, 4.69) is 10.4 Å². The number of nitrogens with zero attached hydrogens (tertiary/aromatic N) is 2. The molecule has 1 rings (SSSR count). The first-order valence-corrected chi connectivity index (χ1v) is 5.58. The first kappa shape index (κ1) is 14.0. The fourth-order valence-corrected chi connectivity index (χ4v) is 1.78. The molecule has 7 nitrogen and oxygen atoms in total. The molecular formula is C11H18N4O3. The second-order valence-electron chi connectivity index (χ2n) is 4.50. The summed E-state index contributed by atoms with van der Waals surface area (Å²) in [7, 11) is 1.63. The van der Waals surface area contributed by atoms with Gasteiger partial charge in [-0.1, -0.05) is 13.8 Å². The molecule has 0 aliphatic carbocycles. The maximum absolute atomic E-state index is 11.4. The van der Waals surface area contributed by atoms with Gasteiger partial charge in [0, 0.05) is 7.05 Å². The number of carboxylic acid groups (broad SMARTS) is 1. The topological polar surface area (TPSA) is 110 Å². The van der Waals surface area contributed by atoms with Crippen molar-refractivity contribution in [2.24, 2.45) is 18.7 Å². The van der Waals surface area contributed by atoms with Crippen molar-refractivity contribution in [2.45, 2.75) is 26.8 Å². The molecule has 0 fully saturated rings. The molecular weight excluding hydrogens is 236 g/mol. The molecule has 4 N–H and O–H groups in total. The van der Waals surface area contributed by atoms with Crippen LogP contribution in [0.5, 0.6) is 0 Å². The van der Waals surface area contributed by atoms with Crippen molar-refractivity contribution in [1.82, 2.24) is 9.78 Å². The molecule has 100 valence electrons. The third-order valence-corrected chi connectivity index (χ3v) is 2.69. The number of carbonyl (C=O) groups is 2. The Labute approximate surface area is 105 Å². The number of amides is 1. The van der Waals surface area contributed by atoms with Gasteiger partial charge < -0.3 is 16.2 Å². The van der Waals surface area contributed by atoms with Crippen molar-refractivity contribution >= 4 is 17.7 Å². The summed E-state index contributed by atoms with van der Waals surface area (Å²) in [5, 5.41) is 16.0. The molecule has 0 spiro atoms. The van der Waals surface area contributed by atoms with Crippen LogP contribution < -0.4 is 11.1 Å². The third-order valence-electron chi connectivity index (χ3n) is 2.69. The number of carbonyl (C=O) groups excluding carboxylic acids is 1. The van der Waals surface area contributed by atoms with Gasteiger partial charge in [-0.3, -0.25) is 9.48 Å². The van der Waals surface area contributed by atoms with Gasteiger partial charge in [-0.2, -0.15) is 5.10 Å². The molecule has 1 atom stereocenters. The maximum Gasteiger partial charge on any atom is 0.326 e. The number of carboxylic acids is 1. The van der Waals surface area contributed by atoms with Crippen LogP contribution in [0.2, 0.25) is 0 Å². The summed E-state index contributed by atoms with van der Waals surface area (Å²) in [5.41, 5.74) is 5.98. The van der Waals surface area contributed by atoms with Crippen LogP contribution in [0.3, 0.4) is 0 Å². The van der Waals surface area contributed by atoms with Gasteiger partial charge in [0.2, 0.25) is 0 Å². The van der Waals surface area contributed by atoms with Crippen LogP contribution in [0, 0.1) is 12.8 Å². The van der Waals surface area contributed by atoms with Crippen LogP contribution in [0.25, 0.3) is 0 Å². The lowest BCUT2D eigenvalue weighted by molar-refractivity contribution is -0.138. The van der Waals surface area contributed by atoms with Gasteiger partial charge in [0.25, 0.3) is 5.91 Å². The first-order valence-electron chi connectivity index (χ1n) is 5.58. The Kier molecular flexibility index (Phi) is 3.95. The second kappa shape index (κ2) is 5.07. The zero-order valence-electron chi connectivity index (χ0n) is 10.9. The van der Waals surface area contributed by atoms with Gasteiger partial charge in [-0.25, -0.2) is 4.79 Å². The summed E-state index contributed by atoms with van der Waals surface area (Å²) in [4.78, 5) is 22.5. The summed E-state index contributed by atoms with van der Waals surface area (Å²) < 4.78 is 1.42. The van der Waals surface area contributed by atoms with Gasteiger partial charge in [-0.15, -0.1) is 0 Å². The van der Waals surface area contributed by atoms with E-state index in [9.17, 15) is 9.59 Å². The van der Waals surface area contributed by atoms with E-state index in [-0.39, 0.29) is 11.5 Å². The molecule has 0 aliphatic rings. The van der Waals surface area contributed by atoms with Gasteiger partial charge in [0.15, 0.2) is 0 Å². The van der Waals surface area contributed by atoms with Crippen LogP contribution in [-0.4, -0.2) is 32.8 Å². The van der Waals surface area contributed by atoms with E-state index < -0.39 is 17.9 Å². The molecule has 18 heavy (non-hydrogen) atoms. The van der Waals surface area contributed by atoms with E-state index in [1.807, 2.05) is 0 Å². The van der Waals surface area contributed by atoms with E-state index >= 15 is 0 Å². The highest BCUT2D eigenvalue weighted by molar-refractivity contribution is 5.99. The van der Waals surface area contributed by atoms with Crippen LogP contribution >= 0.6 is 0 Å². The number of hydrogen-bond acceptors (Lipinski definition) is 4. The number of aryl methyl sites for hydroxylation is 2. The molecule has 0 aromatic carbocycles. The summed E-state index contributed by atoms with van der Waals surface area (Å²) in [6.45, 7) is 5.20. The Hall–Kier alpha value is -2.05. The number of primary amides is 1. The molecule has 0 aliphatic heterocycles. The highest BCUT2D eigenvalue weighted by atomic mass is 16.4. The zero-order chi connectivity index (χ0) is 14.0. The largest absolute Gasteiger partial charge is 0.480 e. The van der Waals surface area contributed by atoms with Gasteiger partial charge in [0.05, 0.1) is 5.69 Å². The number of rotatable bonds is 5. The fraction of sp³-hybridized carbons (Fsp3) is 0.545. The molecule has 1 aromatic rings. The maximum atomic E-state index is 11.4. The van der Waals surface area contributed by atoms with Crippen molar-refractivity contribution in [1.29, 1.82) is 0 Å². The second-order valence-corrected chi connectivity index (χ2v) is 4.50. The summed E-state index contributed by atoms with van der Waals surface area (Å²) >= 11 is 0. The van der Waals surface area contributed by atoms with E-state index in [4.69, 9.17) is 10.8 Å². The molecule has 0 bridgehead atoms. The number of hydrogen-bond donors (Lipinski definition) is 3. The van der Waals surface area contributed by atoms with Gasteiger partial charge in [-0.05, 0) is 12.8 Å². The van der Waals surface area contributed by atoms with Crippen LogP contribution in [0.15, 0.2) is 0 Å². The molecule has 0 saturated carbocycles. The van der Waals surface area contributed by atoms with Crippen LogP contribution in [0.1, 0.15) is 29.9 Å². The third kappa shape index (κ3) is 2.61. The average molecular weight is 254 g/mol. The highest BCUT2D eigenvalue weighted by Crippen LogP contribution is 2.20. The number of aromatic nitrogens is 2. The summed E-state index contributed by atoms with van der Waals surface area (Å²) in [6.07, 6.45) is 0. The van der Waals surface area contributed by atoms with Crippen molar-refractivity contribution in [2.75, 3.05) is 5.32 Å². The minimum absolute atomic E-state index is 0.140. The Bertz CT molecular complexity index is 479. The predicted molar refractivity (Wildman–Crippen MR) is 66.3 cm³/mol. The Balaban J connectivity index is 3.17. The fourth-order valence-electron chi connectivity index (χ4n) is 1.78. The first-order chi connectivity index (χ1) is 8.25. The van der Waals surface area contributed by atoms with E-state index in [1.54, 1.807) is 27.8 Å². The van der Waals surface area contributed by atoms with E-state index in [0.29, 0.717) is 11.5 Å². The number of nitrogens with one attached hydrogen (secondary N) is 1. The molecule has 7 heteroatoms. The van der Waals surface area contributed by atoms with Gasteiger partial charge >= 0.3 is 5.97 Å². The minimum atomic E-state index is -0.987. The van der Waals surface area contributed by atoms with Gasteiger partial charge in [0.1, 0.15) is 17.4 Å². The van der Waals surface area contributed by atoms with Crippen LogP contribution in [0.4, 0.5) is 5.82 Å². The Morgan fingerprint density at radius 1 is 1.44 bits per heavy atom. The van der Waals surface area contributed by atoms with Crippen LogP contribution in [-0.2, 0) is 11.8 Å². The lowest BCUT2D eigenvalue weighted by Gasteiger charge is -2.19. The summed E-state index contributed by atoms with van der Waals surface area (Å²) in [6, 6.07) is -0.808. The smallest absolute Gasteiger partial charge is 0.326 e. The lowest BCUT2D eigenvalue weighted by atomic mass is 10.0. The van der Waals surface area contributed by atoms with Crippen molar-refractivity contribution in [3.63, 3.8) is 0 Å². The monoisotopic (exact) mass is 254 g/mol. The zero-order valence-corrected chi connectivity index (χ0v) is 10.9. The van der Waals surface area contributed by atoms with E-state index in [1.165, 1.54) is 4.68 Å². The molecule has 0 radical (unpaired) electrons. The van der Waals surface area contributed by atoms with Crippen molar-refractivity contribution in [3.05, 3.63) is 11.3 Å². The Morgan fingerprint density at radius 2 is 2.00 bits per heavy atom. The van der Waals surface area contributed by atoms with Crippen molar-refractivity contribution < 1.29 is 14.7 Å². The summed E-state index contributed by atoms with van der Waals surface area (Å²) in [5.74, 6) is -1.42. The molecule has 1 heterocycles.